The molecule has 2 aromatic rings. The van der Waals surface area contributed by atoms with Crippen molar-refractivity contribution in [1.82, 2.24) is 4.98 Å². The first-order chi connectivity index (χ1) is 11.0. The maximum absolute atomic E-state index is 12.0. The molecule has 0 spiro atoms. The lowest BCUT2D eigenvalue weighted by Gasteiger charge is -2.19. The van der Waals surface area contributed by atoms with E-state index in [4.69, 9.17) is 16.3 Å². The van der Waals surface area contributed by atoms with Gasteiger partial charge in [0.15, 0.2) is 10.7 Å². The molecule has 0 unspecified atom stereocenters. The van der Waals surface area contributed by atoms with Crippen molar-refractivity contribution in [3.05, 3.63) is 40.4 Å². The van der Waals surface area contributed by atoms with Crippen LogP contribution in [-0.2, 0) is 15.1 Å². The number of cyclic esters (lactones) is 1. The van der Waals surface area contributed by atoms with Crippen molar-refractivity contribution >= 4 is 39.7 Å². The average Bonchev–Trinajstić information content (AvgIpc) is 3.08. The molecule has 0 radical (unpaired) electrons. The molecule has 1 saturated heterocycles. The van der Waals surface area contributed by atoms with Crippen LogP contribution >= 0.6 is 22.9 Å². The molecular weight excluding hydrogens is 332 g/mol. The standard InChI is InChI=1S/C17H19ClN2O2S/c1-3-6-11-9-17(2,22-15(11)21)14-10-23-16(20-14)19-13-8-5-4-7-12(13)18/h4-5,7-8,10-11H,3,6,9H2,1-2H3,(H,19,20)/t11-,17+/m0/s1. The quantitative estimate of drug-likeness (QED) is 0.760. The molecule has 0 bridgehead atoms. The smallest absolute Gasteiger partial charge is 0.310 e. The van der Waals surface area contributed by atoms with Crippen molar-refractivity contribution in [2.45, 2.75) is 38.7 Å². The summed E-state index contributed by atoms with van der Waals surface area (Å²) >= 11 is 7.64. The number of carbonyl (C=O) groups excluding carboxylic acids is 1. The third-order valence-electron chi connectivity index (χ3n) is 4.09. The Balaban J connectivity index is 1.77. The number of aromatic nitrogens is 1. The summed E-state index contributed by atoms with van der Waals surface area (Å²) in [7, 11) is 0. The van der Waals surface area contributed by atoms with Crippen LogP contribution < -0.4 is 5.32 Å². The van der Waals surface area contributed by atoms with Crippen LogP contribution in [0.3, 0.4) is 0 Å². The molecule has 1 aromatic heterocycles. The molecule has 2 atom stereocenters. The highest BCUT2D eigenvalue weighted by Gasteiger charge is 2.45. The van der Waals surface area contributed by atoms with Crippen LogP contribution in [-0.4, -0.2) is 11.0 Å². The molecule has 1 N–H and O–H groups in total. The molecule has 1 aromatic carbocycles. The Hall–Kier alpha value is -1.59. The van der Waals surface area contributed by atoms with E-state index < -0.39 is 5.60 Å². The Morgan fingerprint density at radius 1 is 1.48 bits per heavy atom. The average molecular weight is 351 g/mol. The van der Waals surface area contributed by atoms with Gasteiger partial charge in [-0.1, -0.05) is 37.1 Å². The van der Waals surface area contributed by atoms with Gasteiger partial charge < -0.3 is 10.1 Å². The highest BCUT2D eigenvalue weighted by atomic mass is 35.5. The van der Waals surface area contributed by atoms with Gasteiger partial charge in [0.1, 0.15) is 0 Å². The van der Waals surface area contributed by atoms with Crippen LogP contribution in [0.15, 0.2) is 29.6 Å². The zero-order chi connectivity index (χ0) is 16.4. The summed E-state index contributed by atoms with van der Waals surface area (Å²) in [5.74, 6) is -0.130. The molecule has 2 heterocycles. The maximum Gasteiger partial charge on any atom is 0.310 e. The Morgan fingerprint density at radius 2 is 2.26 bits per heavy atom. The summed E-state index contributed by atoms with van der Waals surface area (Å²) in [6.07, 6.45) is 2.53. The van der Waals surface area contributed by atoms with E-state index >= 15 is 0 Å². The summed E-state index contributed by atoms with van der Waals surface area (Å²) < 4.78 is 5.64. The van der Waals surface area contributed by atoms with Crippen molar-refractivity contribution in [1.29, 1.82) is 0 Å². The van der Waals surface area contributed by atoms with Crippen LogP contribution in [0.25, 0.3) is 0 Å². The van der Waals surface area contributed by atoms with Gasteiger partial charge >= 0.3 is 5.97 Å². The van der Waals surface area contributed by atoms with Crippen molar-refractivity contribution in [2.24, 2.45) is 5.92 Å². The van der Waals surface area contributed by atoms with E-state index in [-0.39, 0.29) is 11.9 Å². The summed E-state index contributed by atoms with van der Waals surface area (Å²) in [4.78, 5) is 16.6. The van der Waals surface area contributed by atoms with E-state index in [1.807, 2.05) is 36.6 Å². The fourth-order valence-corrected chi connectivity index (χ4v) is 3.91. The number of hydrogen-bond acceptors (Lipinski definition) is 5. The lowest BCUT2D eigenvalue weighted by atomic mass is 9.91. The number of thiazole rings is 1. The van der Waals surface area contributed by atoms with E-state index in [0.29, 0.717) is 11.4 Å². The molecule has 0 saturated carbocycles. The first kappa shape index (κ1) is 16.3. The van der Waals surface area contributed by atoms with Gasteiger partial charge in [0.05, 0.1) is 22.3 Å². The van der Waals surface area contributed by atoms with Crippen molar-refractivity contribution in [3.8, 4) is 0 Å². The largest absolute Gasteiger partial charge is 0.453 e. The lowest BCUT2D eigenvalue weighted by molar-refractivity contribution is -0.150. The number of halogens is 1. The molecule has 122 valence electrons. The molecule has 6 heteroatoms. The number of para-hydroxylation sites is 1. The van der Waals surface area contributed by atoms with E-state index in [9.17, 15) is 4.79 Å². The minimum absolute atomic E-state index is 0.0216. The van der Waals surface area contributed by atoms with Crippen LogP contribution in [0.1, 0.15) is 38.8 Å². The zero-order valence-electron chi connectivity index (χ0n) is 13.1. The van der Waals surface area contributed by atoms with E-state index in [1.165, 1.54) is 11.3 Å². The second-order valence-electron chi connectivity index (χ2n) is 5.98. The summed E-state index contributed by atoms with van der Waals surface area (Å²) in [5.41, 5.74) is 0.977. The molecule has 1 aliphatic heterocycles. The topological polar surface area (TPSA) is 51.2 Å². The maximum atomic E-state index is 12.0. The van der Waals surface area contributed by atoms with Gasteiger partial charge in [0.25, 0.3) is 0 Å². The number of hydrogen-bond donors (Lipinski definition) is 1. The highest BCUT2D eigenvalue weighted by molar-refractivity contribution is 7.13. The van der Waals surface area contributed by atoms with Crippen molar-refractivity contribution in [2.75, 3.05) is 5.32 Å². The number of nitrogens with zero attached hydrogens (tertiary/aromatic N) is 1. The molecule has 0 aliphatic carbocycles. The first-order valence-electron chi connectivity index (χ1n) is 7.72. The minimum Gasteiger partial charge on any atom is -0.453 e. The highest BCUT2D eigenvalue weighted by Crippen LogP contribution is 2.42. The Kier molecular flexibility index (Phi) is 4.60. The van der Waals surface area contributed by atoms with Crippen LogP contribution in [0, 0.1) is 5.92 Å². The van der Waals surface area contributed by atoms with Gasteiger partial charge in [-0.2, -0.15) is 0 Å². The second-order valence-corrected chi connectivity index (χ2v) is 7.25. The van der Waals surface area contributed by atoms with Crippen molar-refractivity contribution < 1.29 is 9.53 Å². The first-order valence-corrected chi connectivity index (χ1v) is 8.98. The van der Waals surface area contributed by atoms with Gasteiger partial charge in [0, 0.05) is 11.8 Å². The fourth-order valence-electron chi connectivity index (χ4n) is 2.88. The number of nitrogens with one attached hydrogen (secondary N) is 1. The van der Waals surface area contributed by atoms with Gasteiger partial charge in [-0.15, -0.1) is 11.3 Å². The molecule has 4 nitrogen and oxygen atoms in total. The predicted octanol–water partition coefficient (Wildman–Crippen LogP) is 5.12. The Morgan fingerprint density at radius 3 is 3.00 bits per heavy atom. The van der Waals surface area contributed by atoms with Gasteiger partial charge in [-0.3, -0.25) is 4.79 Å². The number of carbonyl (C=O) groups is 1. The number of rotatable bonds is 5. The normalized spacial score (nSPS) is 23.8. The molecule has 23 heavy (non-hydrogen) atoms. The minimum atomic E-state index is -0.631. The van der Waals surface area contributed by atoms with Crippen molar-refractivity contribution in [3.63, 3.8) is 0 Å². The van der Waals surface area contributed by atoms with E-state index in [0.717, 1.165) is 29.4 Å². The predicted molar refractivity (Wildman–Crippen MR) is 93.3 cm³/mol. The fraction of sp³-hybridized carbons (Fsp3) is 0.412. The molecule has 1 aliphatic rings. The molecular formula is C17H19ClN2O2S. The molecule has 1 fully saturated rings. The van der Waals surface area contributed by atoms with E-state index in [1.54, 1.807) is 0 Å². The number of esters is 1. The van der Waals surface area contributed by atoms with Gasteiger partial charge in [0.2, 0.25) is 0 Å². The monoisotopic (exact) mass is 350 g/mol. The summed E-state index contributed by atoms with van der Waals surface area (Å²) in [6, 6.07) is 7.53. The Bertz CT molecular complexity index is 718. The van der Waals surface area contributed by atoms with E-state index in [2.05, 4.69) is 17.2 Å². The third-order valence-corrected chi connectivity index (χ3v) is 5.18. The van der Waals surface area contributed by atoms with Gasteiger partial charge in [-0.05, 0) is 25.5 Å². The summed E-state index contributed by atoms with van der Waals surface area (Å²) in [6.45, 7) is 4.02. The number of benzene rings is 1. The number of anilines is 2. The van der Waals surface area contributed by atoms with Crippen LogP contribution in [0.4, 0.5) is 10.8 Å². The van der Waals surface area contributed by atoms with Gasteiger partial charge in [-0.25, -0.2) is 4.98 Å². The SMILES string of the molecule is CCC[C@H]1C[C@](C)(c2csc(Nc3ccccc3Cl)n2)OC1=O. The summed E-state index contributed by atoms with van der Waals surface area (Å²) in [5, 5.41) is 6.55. The van der Waals surface area contributed by atoms with Crippen LogP contribution in [0.5, 0.6) is 0 Å². The molecule has 0 amide bonds. The lowest BCUT2D eigenvalue weighted by Crippen LogP contribution is -2.21. The number of ether oxygens (including phenoxy) is 1. The van der Waals surface area contributed by atoms with Crippen LogP contribution in [0.2, 0.25) is 5.02 Å². The third kappa shape index (κ3) is 3.35. The molecule has 3 rings (SSSR count). The Labute approximate surface area is 144 Å². The zero-order valence-corrected chi connectivity index (χ0v) is 14.7. The second kappa shape index (κ2) is 6.49.